The SMILES string of the molecule is CCNC(=NCC(NC(=O)OCC)C1CC1)NC1CCN(C2CC2)CC1.I. The van der Waals surface area contributed by atoms with Crippen LogP contribution >= 0.6 is 24.0 Å². The summed E-state index contributed by atoms with van der Waals surface area (Å²) in [6.07, 6.45) is 7.12. The van der Waals surface area contributed by atoms with E-state index in [0.717, 1.165) is 31.4 Å². The van der Waals surface area contributed by atoms with Crippen LogP contribution in [0.3, 0.4) is 0 Å². The van der Waals surface area contributed by atoms with Gasteiger partial charge in [-0.15, -0.1) is 24.0 Å². The van der Waals surface area contributed by atoms with E-state index in [9.17, 15) is 4.79 Å². The molecule has 1 amide bonds. The lowest BCUT2D eigenvalue weighted by Gasteiger charge is -2.33. The average Bonchev–Trinajstić information content (AvgIpc) is 3.52. The van der Waals surface area contributed by atoms with E-state index in [-0.39, 0.29) is 36.1 Å². The summed E-state index contributed by atoms with van der Waals surface area (Å²) in [5.41, 5.74) is 0. The third-order valence-electron chi connectivity index (χ3n) is 5.49. The van der Waals surface area contributed by atoms with Gasteiger partial charge in [0.2, 0.25) is 0 Å². The van der Waals surface area contributed by atoms with Gasteiger partial charge < -0.3 is 25.6 Å². The molecule has 0 aromatic heterocycles. The zero-order valence-corrected chi connectivity index (χ0v) is 19.0. The normalized spacial score (nSPS) is 22.5. The first-order chi connectivity index (χ1) is 12.7. The molecule has 3 aliphatic rings. The molecule has 3 fully saturated rings. The van der Waals surface area contributed by atoms with Crippen molar-refractivity contribution >= 4 is 36.0 Å². The summed E-state index contributed by atoms with van der Waals surface area (Å²) in [5.74, 6) is 1.40. The summed E-state index contributed by atoms with van der Waals surface area (Å²) in [5, 5.41) is 9.92. The molecule has 1 aliphatic heterocycles. The Morgan fingerprint density at radius 1 is 1.15 bits per heavy atom. The fourth-order valence-corrected chi connectivity index (χ4v) is 3.69. The van der Waals surface area contributed by atoms with Crippen LogP contribution in [-0.4, -0.2) is 67.9 Å². The highest BCUT2D eigenvalue weighted by Crippen LogP contribution is 2.33. The highest BCUT2D eigenvalue weighted by molar-refractivity contribution is 14.0. The zero-order valence-electron chi connectivity index (χ0n) is 16.7. The zero-order chi connectivity index (χ0) is 18.4. The lowest BCUT2D eigenvalue weighted by molar-refractivity contribution is 0.147. The van der Waals surface area contributed by atoms with Crippen LogP contribution in [0, 0.1) is 5.92 Å². The van der Waals surface area contributed by atoms with E-state index in [2.05, 4.69) is 27.8 Å². The Morgan fingerprint density at radius 2 is 1.85 bits per heavy atom. The van der Waals surface area contributed by atoms with Crippen LogP contribution in [0.1, 0.15) is 52.4 Å². The number of nitrogens with one attached hydrogen (secondary N) is 3. The first-order valence-corrected chi connectivity index (χ1v) is 10.4. The fourth-order valence-electron chi connectivity index (χ4n) is 3.69. The predicted octanol–water partition coefficient (Wildman–Crippen LogP) is 2.31. The first-order valence-electron chi connectivity index (χ1n) is 10.4. The minimum Gasteiger partial charge on any atom is -0.450 e. The third-order valence-corrected chi connectivity index (χ3v) is 5.49. The van der Waals surface area contributed by atoms with Crippen LogP contribution in [0.15, 0.2) is 4.99 Å². The van der Waals surface area contributed by atoms with Crippen molar-refractivity contribution in [3.8, 4) is 0 Å². The molecule has 7 nitrogen and oxygen atoms in total. The molecule has 0 aromatic carbocycles. The molecule has 0 radical (unpaired) electrons. The van der Waals surface area contributed by atoms with Gasteiger partial charge in [-0.1, -0.05) is 0 Å². The van der Waals surface area contributed by atoms with Crippen LogP contribution < -0.4 is 16.0 Å². The molecule has 0 spiro atoms. The fraction of sp³-hybridized carbons (Fsp3) is 0.895. The largest absolute Gasteiger partial charge is 0.450 e. The van der Waals surface area contributed by atoms with Crippen LogP contribution in [0.25, 0.3) is 0 Å². The van der Waals surface area contributed by atoms with Crippen LogP contribution in [0.5, 0.6) is 0 Å². The molecule has 156 valence electrons. The Balaban J connectivity index is 0.00000261. The summed E-state index contributed by atoms with van der Waals surface area (Å²) in [7, 11) is 0. The summed E-state index contributed by atoms with van der Waals surface area (Å²) in [6, 6.07) is 1.42. The summed E-state index contributed by atoms with van der Waals surface area (Å²) in [6.45, 7) is 8.13. The number of hydrogen-bond donors (Lipinski definition) is 3. The van der Waals surface area contributed by atoms with E-state index in [1.807, 2.05) is 6.92 Å². The van der Waals surface area contributed by atoms with Crippen molar-refractivity contribution in [2.75, 3.05) is 32.8 Å². The number of carbonyl (C=O) groups excluding carboxylic acids is 1. The number of halogens is 1. The maximum atomic E-state index is 11.7. The molecule has 0 bridgehead atoms. The van der Waals surface area contributed by atoms with Gasteiger partial charge in [0.05, 0.1) is 19.2 Å². The second kappa shape index (κ2) is 11.3. The van der Waals surface area contributed by atoms with E-state index in [1.165, 1.54) is 38.8 Å². The molecule has 2 saturated carbocycles. The van der Waals surface area contributed by atoms with E-state index >= 15 is 0 Å². The number of nitrogens with zero attached hydrogens (tertiary/aromatic N) is 2. The minimum absolute atomic E-state index is 0. The van der Waals surface area contributed by atoms with E-state index in [1.54, 1.807) is 0 Å². The van der Waals surface area contributed by atoms with Crippen molar-refractivity contribution in [3.05, 3.63) is 0 Å². The number of carbonyl (C=O) groups is 1. The molecule has 0 aromatic rings. The number of amides is 1. The quantitative estimate of drug-likeness (QED) is 0.275. The summed E-state index contributed by atoms with van der Waals surface area (Å²) in [4.78, 5) is 19.1. The Morgan fingerprint density at radius 3 is 2.41 bits per heavy atom. The van der Waals surface area contributed by atoms with Gasteiger partial charge in [0.25, 0.3) is 0 Å². The van der Waals surface area contributed by atoms with Gasteiger partial charge in [0.1, 0.15) is 0 Å². The standard InChI is InChI=1S/C19H35N5O2.HI/c1-3-20-18(22-15-9-11-24(12-10-15)16-7-8-16)21-13-17(14-5-6-14)23-19(25)26-4-2;/h14-17H,3-13H2,1-2H3,(H,23,25)(H2,20,21,22);1H. The van der Waals surface area contributed by atoms with Gasteiger partial charge >= 0.3 is 6.09 Å². The summed E-state index contributed by atoms with van der Waals surface area (Å²) < 4.78 is 5.03. The van der Waals surface area contributed by atoms with Gasteiger partial charge in [-0.05, 0) is 58.3 Å². The third kappa shape index (κ3) is 7.63. The number of likely N-dealkylation sites (tertiary alicyclic amines) is 1. The van der Waals surface area contributed by atoms with Crippen molar-refractivity contribution in [1.29, 1.82) is 0 Å². The summed E-state index contributed by atoms with van der Waals surface area (Å²) >= 11 is 0. The number of alkyl carbamates (subject to hydrolysis) is 1. The molecule has 2 aliphatic carbocycles. The van der Waals surface area contributed by atoms with E-state index in [0.29, 0.717) is 25.1 Å². The molecule has 27 heavy (non-hydrogen) atoms. The van der Waals surface area contributed by atoms with Gasteiger partial charge in [-0.3, -0.25) is 4.99 Å². The predicted molar refractivity (Wildman–Crippen MR) is 119 cm³/mol. The van der Waals surface area contributed by atoms with Crippen molar-refractivity contribution in [2.45, 2.75) is 70.5 Å². The van der Waals surface area contributed by atoms with Gasteiger partial charge in [0.15, 0.2) is 5.96 Å². The Hall–Kier alpha value is -0.770. The molecule has 8 heteroatoms. The van der Waals surface area contributed by atoms with E-state index in [4.69, 9.17) is 9.73 Å². The minimum atomic E-state index is -0.329. The molecule has 1 heterocycles. The number of ether oxygens (including phenoxy) is 1. The number of rotatable bonds is 8. The Kier molecular flexibility index (Phi) is 9.41. The Bertz CT molecular complexity index is 488. The smallest absolute Gasteiger partial charge is 0.407 e. The maximum Gasteiger partial charge on any atom is 0.407 e. The monoisotopic (exact) mass is 493 g/mol. The topological polar surface area (TPSA) is 78.0 Å². The van der Waals surface area contributed by atoms with Crippen LogP contribution in [-0.2, 0) is 4.74 Å². The van der Waals surface area contributed by atoms with Crippen molar-refractivity contribution < 1.29 is 9.53 Å². The molecular formula is C19H36IN5O2. The number of piperidine rings is 1. The van der Waals surface area contributed by atoms with Crippen molar-refractivity contribution in [3.63, 3.8) is 0 Å². The van der Waals surface area contributed by atoms with Crippen LogP contribution in [0.4, 0.5) is 4.79 Å². The molecule has 1 saturated heterocycles. The first kappa shape index (κ1) is 22.5. The van der Waals surface area contributed by atoms with E-state index < -0.39 is 0 Å². The molecule has 1 unspecified atom stereocenters. The lowest BCUT2D eigenvalue weighted by atomic mass is 10.1. The maximum absolute atomic E-state index is 11.7. The highest BCUT2D eigenvalue weighted by atomic mass is 127. The average molecular weight is 493 g/mol. The van der Waals surface area contributed by atoms with Crippen molar-refractivity contribution in [2.24, 2.45) is 10.9 Å². The van der Waals surface area contributed by atoms with Gasteiger partial charge in [0, 0.05) is 31.7 Å². The number of hydrogen-bond acceptors (Lipinski definition) is 4. The second-order valence-electron chi connectivity index (χ2n) is 7.71. The highest BCUT2D eigenvalue weighted by Gasteiger charge is 2.33. The second-order valence-corrected chi connectivity index (χ2v) is 7.71. The number of guanidine groups is 1. The van der Waals surface area contributed by atoms with Gasteiger partial charge in [-0.25, -0.2) is 4.79 Å². The van der Waals surface area contributed by atoms with Gasteiger partial charge in [-0.2, -0.15) is 0 Å². The molecule has 1 atom stereocenters. The van der Waals surface area contributed by atoms with Crippen molar-refractivity contribution in [1.82, 2.24) is 20.9 Å². The Labute approximate surface area is 180 Å². The molecular weight excluding hydrogens is 457 g/mol. The molecule has 3 N–H and O–H groups in total. The molecule has 3 rings (SSSR count). The lowest BCUT2D eigenvalue weighted by Crippen LogP contribution is -2.49. The van der Waals surface area contributed by atoms with Crippen LogP contribution in [0.2, 0.25) is 0 Å². The number of aliphatic imine (C=N–C) groups is 1.